The molecule has 1 fully saturated rings. The van der Waals surface area contributed by atoms with Crippen molar-refractivity contribution < 1.29 is 22.7 Å². The maximum atomic E-state index is 13.6. The van der Waals surface area contributed by atoms with Crippen LogP contribution >= 0.6 is 0 Å². The standard InChI is InChI=1S/C22H27F3N2O2/c1-13(26-20(28)14-7-4-3-5-8-14)21(2)19-15(11-12-29-21)18-16(22(23,24)25)9-6-10-17(18)27-19/h6,9-10,13-14,27H,3-5,7-8,11-12H2,1-2H3,(H,26,28). The predicted molar refractivity (Wildman–Crippen MR) is 104 cm³/mol. The van der Waals surface area contributed by atoms with Gasteiger partial charge in [0.05, 0.1) is 23.9 Å². The van der Waals surface area contributed by atoms with Crippen LogP contribution in [0.15, 0.2) is 18.2 Å². The molecular formula is C22H27F3N2O2. The number of carbonyl (C=O) groups excluding carboxylic acids is 1. The Hall–Kier alpha value is -2.02. The van der Waals surface area contributed by atoms with E-state index in [0.29, 0.717) is 29.8 Å². The molecule has 29 heavy (non-hydrogen) atoms. The zero-order valence-electron chi connectivity index (χ0n) is 16.8. The second-order valence-corrected chi connectivity index (χ2v) is 8.48. The van der Waals surface area contributed by atoms with Gasteiger partial charge in [0.1, 0.15) is 5.60 Å². The molecule has 2 unspecified atom stereocenters. The van der Waals surface area contributed by atoms with Crippen molar-refractivity contribution in [1.29, 1.82) is 0 Å². The van der Waals surface area contributed by atoms with Crippen LogP contribution in [0.25, 0.3) is 10.9 Å². The first-order valence-electron chi connectivity index (χ1n) is 10.4. The Morgan fingerprint density at radius 2 is 2.00 bits per heavy atom. The minimum Gasteiger partial charge on any atom is -0.367 e. The fourth-order valence-electron chi connectivity index (χ4n) is 4.84. The molecule has 1 aliphatic carbocycles. The van der Waals surface area contributed by atoms with Crippen LogP contribution in [0.5, 0.6) is 0 Å². The normalized spacial score (nSPS) is 24.3. The maximum absolute atomic E-state index is 13.6. The minimum atomic E-state index is -4.43. The summed E-state index contributed by atoms with van der Waals surface area (Å²) in [5, 5.41) is 3.30. The number of hydrogen-bond acceptors (Lipinski definition) is 2. The van der Waals surface area contributed by atoms with Crippen LogP contribution in [0.1, 0.15) is 62.8 Å². The lowest BCUT2D eigenvalue weighted by molar-refractivity contribution is -0.136. The molecule has 2 aliphatic rings. The molecule has 0 radical (unpaired) electrons. The summed E-state index contributed by atoms with van der Waals surface area (Å²) in [5.41, 5.74) is 0.176. The van der Waals surface area contributed by atoms with Gasteiger partial charge in [0.2, 0.25) is 5.91 Å². The first kappa shape index (κ1) is 20.3. The molecule has 1 aromatic heterocycles. The highest BCUT2D eigenvalue weighted by Gasteiger charge is 2.44. The van der Waals surface area contributed by atoms with Crippen molar-refractivity contribution in [2.75, 3.05) is 6.61 Å². The molecule has 1 saturated carbocycles. The number of aromatic nitrogens is 1. The number of halogens is 3. The van der Waals surface area contributed by atoms with E-state index < -0.39 is 17.3 Å². The van der Waals surface area contributed by atoms with Gasteiger partial charge in [-0.3, -0.25) is 4.79 Å². The third-order valence-electron chi connectivity index (χ3n) is 6.64. The lowest BCUT2D eigenvalue weighted by atomic mass is 9.85. The second-order valence-electron chi connectivity index (χ2n) is 8.48. The summed E-state index contributed by atoms with van der Waals surface area (Å²) >= 11 is 0. The monoisotopic (exact) mass is 408 g/mol. The van der Waals surface area contributed by atoms with E-state index in [1.54, 1.807) is 6.07 Å². The molecule has 1 aromatic carbocycles. The number of carbonyl (C=O) groups is 1. The molecule has 2 aromatic rings. The van der Waals surface area contributed by atoms with E-state index in [4.69, 9.17) is 4.74 Å². The molecule has 2 heterocycles. The highest BCUT2D eigenvalue weighted by atomic mass is 19.4. The highest BCUT2D eigenvalue weighted by Crippen LogP contribution is 2.43. The average Bonchev–Trinajstić information content (AvgIpc) is 3.08. The lowest BCUT2D eigenvalue weighted by Gasteiger charge is -2.40. The van der Waals surface area contributed by atoms with E-state index >= 15 is 0 Å². The Morgan fingerprint density at radius 3 is 2.69 bits per heavy atom. The van der Waals surface area contributed by atoms with Gasteiger partial charge in [-0.15, -0.1) is 0 Å². The summed E-state index contributed by atoms with van der Waals surface area (Å²) in [7, 11) is 0. The first-order valence-corrected chi connectivity index (χ1v) is 10.4. The number of H-pyrrole nitrogens is 1. The van der Waals surface area contributed by atoms with Crippen LogP contribution < -0.4 is 5.32 Å². The number of ether oxygens (including phenoxy) is 1. The van der Waals surface area contributed by atoms with Crippen LogP contribution in [-0.4, -0.2) is 23.5 Å². The van der Waals surface area contributed by atoms with Crippen LogP contribution in [0.4, 0.5) is 13.2 Å². The number of hydrogen-bond donors (Lipinski definition) is 2. The third-order valence-corrected chi connectivity index (χ3v) is 6.64. The largest absolute Gasteiger partial charge is 0.417 e. The summed E-state index contributed by atoms with van der Waals surface area (Å²) in [5.74, 6) is 0.0265. The van der Waals surface area contributed by atoms with E-state index in [9.17, 15) is 18.0 Å². The highest BCUT2D eigenvalue weighted by molar-refractivity contribution is 5.89. The molecule has 1 amide bonds. The predicted octanol–water partition coefficient (Wildman–Crippen LogP) is 5.06. The number of benzene rings is 1. The number of nitrogens with one attached hydrogen (secondary N) is 2. The molecule has 4 nitrogen and oxygen atoms in total. The fourth-order valence-corrected chi connectivity index (χ4v) is 4.84. The Bertz CT molecular complexity index is 915. The van der Waals surface area contributed by atoms with Crippen molar-refractivity contribution in [1.82, 2.24) is 10.3 Å². The summed E-state index contributed by atoms with van der Waals surface area (Å²) in [4.78, 5) is 15.9. The summed E-state index contributed by atoms with van der Waals surface area (Å²) in [6, 6.07) is 3.82. The smallest absolute Gasteiger partial charge is 0.367 e. The Morgan fingerprint density at radius 1 is 1.28 bits per heavy atom. The molecule has 0 spiro atoms. The first-order chi connectivity index (χ1) is 13.7. The molecule has 158 valence electrons. The number of aromatic amines is 1. The van der Waals surface area contributed by atoms with Crippen molar-refractivity contribution in [3.05, 3.63) is 35.0 Å². The number of fused-ring (bicyclic) bond motifs is 3. The van der Waals surface area contributed by atoms with Crippen LogP contribution in [-0.2, 0) is 27.7 Å². The third kappa shape index (κ3) is 3.54. The van der Waals surface area contributed by atoms with Gasteiger partial charge in [-0.05, 0) is 50.8 Å². The van der Waals surface area contributed by atoms with Crippen LogP contribution in [0, 0.1) is 5.92 Å². The van der Waals surface area contributed by atoms with Crippen LogP contribution in [0.3, 0.4) is 0 Å². The van der Waals surface area contributed by atoms with E-state index in [1.165, 1.54) is 12.5 Å². The molecule has 2 atom stereocenters. The molecule has 0 saturated heterocycles. The van der Waals surface area contributed by atoms with Crippen LogP contribution in [0.2, 0.25) is 0 Å². The van der Waals surface area contributed by atoms with Crippen molar-refractivity contribution in [3.63, 3.8) is 0 Å². The van der Waals surface area contributed by atoms with Gasteiger partial charge in [0.25, 0.3) is 0 Å². The Kier molecular flexibility index (Phi) is 5.13. The van der Waals surface area contributed by atoms with E-state index in [1.807, 2.05) is 13.8 Å². The second kappa shape index (κ2) is 7.35. The van der Waals surface area contributed by atoms with Gasteiger partial charge < -0.3 is 15.0 Å². The molecule has 7 heteroatoms. The fraction of sp³-hybridized carbons (Fsp3) is 0.591. The molecule has 0 bridgehead atoms. The molecule has 1 aliphatic heterocycles. The molecule has 4 rings (SSSR count). The topological polar surface area (TPSA) is 54.1 Å². The van der Waals surface area contributed by atoms with Gasteiger partial charge >= 0.3 is 6.18 Å². The van der Waals surface area contributed by atoms with Gasteiger partial charge in [0.15, 0.2) is 0 Å². The number of amides is 1. The average molecular weight is 408 g/mol. The van der Waals surface area contributed by atoms with E-state index in [-0.39, 0.29) is 23.3 Å². The van der Waals surface area contributed by atoms with Gasteiger partial charge in [0, 0.05) is 16.8 Å². The SMILES string of the molecule is CC(NC(=O)C1CCCCC1)C1(C)OCCc2c1[nH]c1cccc(C(F)(F)F)c21. The summed E-state index contributed by atoms with van der Waals surface area (Å²) in [6.07, 6.45) is 1.05. The van der Waals surface area contributed by atoms with Crippen molar-refractivity contribution >= 4 is 16.8 Å². The van der Waals surface area contributed by atoms with Gasteiger partial charge in [-0.2, -0.15) is 13.2 Å². The summed E-state index contributed by atoms with van der Waals surface area (Å²) in [6.45, 7) is 4.03. The zero-order chi connectivity index (χ0) is 20.8. The van der Waals surface area contributed by atoms with Gasteiger partial charge in [-0.1, -0.05) is 25.3 Å². The van der Waals surface area contributed by atoms with Crippen molar-refractivity contribution in [2.45, 2.75) is 70.2 Å². The maximum Gasteiger partial charge on any atom is 0.417 e. The molecular weight excluding hydrogens is 381 g/mol. The van der Waals surface area contributed by atoms with Gasteiger partial charge in [-0.25, -0.2) is 0 Å². The van der Waals surface area contributed by atoms with Crippen molar-refractivity contribution in [2.24, 2.45) is 5.92 Å². The van der Waals surface area contributed by atoms with E-state index in [0.717, 1.165) is 31.7 Å². The molecule has 2 N–H and O–H groups in total. The summed E-state index contributed by atoms with van der Waals surface area (Å²) < 4.78 is 46.8. The zero-order valence-corrected chi connectivity index (χ0v) is 16.8. The Labute approximate surface area is 168 Å². The minimum absolute atomic E-state index is 0.0115. The number of rotatable bonds is 3. The lowest BCUT2D eigenvalue weighted by Crippen LogP contribution is -2.52. The van der Waals surface area contributed by atoms with E-state index in [2.05, 4.69) is 10.3 Å². The number of alkyl halides is 3. The van der Waals surface area contributed by atoms with Crippen molar-refractivity contribution in [3.8, 4) is 0 Å². The quantitative estimate of drug-likeness (QED) is 0.746. The Balaban J connectivity index is 1.69.